The number of aryl methyl sites for hydroxylation is 2. The number of nitrogens with zero attached hydrogens (tertiary/aromatic N) is 7. The molecule has 11 heteroatoms. The smallest absolute Gasteiger partial charge is 0.408 e. The predicted molar refractivity (Wildman–Crippen MR) is 148 cm³/mol. The fourth-order valence-corrected chi connectivity index (χ4v) is 5.82. The van der Waals surface area contributed by atoms with Crippen LogP contribution in [0.25, 0.3) is 33.7 Å². The molecule has 0 radical (unpaired) electrons. The summed E-state index contributed by atoms with van der Waals surface area (Å²) in [5.74, 6) is 1.10. The topological polar surface area (TPSA) is 119 Å². The van der Waals surface area contributed by atoms with E-state index in [9.17, 15) is 14.7 Å². The normalized spacial score (nSPS) is 16.2. The highest BCUT2D eigenvalue weighted by atomic mass is 16.5. The lowest BCUT2D eigenvalue weighted by Gasteiger charge is -2.44. The van der Waals surface area contributed by atoms with Crippen LogP contribution < -0.4 is 4.74 Å². The van der Waals surface area contributed by atoms with E-state index in [2.05, 4.69) is 21.5 Å². The molecule has 1 aromatic carbocycles. The van der Waals surface area contributed by atoms with Gasteiger partial charge in [0.25, 0.3) is 5.91 Å². The number of carbonyl (C=O) groups is 2. The van der Waals surface area contributed by atoms with E-state index in [-0.39, 0.29) is 11.9 Å². The number of rotatable bonds is 5. The van der Waals surface area contributed by atoms with Crippen LogP contribution in [0.3, 0.4) is 0 Å². The summed E-state index contributed by atoms with van der Waals surface area (Å²) in [5.41, 5.74) is 3.76. The number of likely N-dealkylation sites (tertiary alicyclic amines) is 1. The fourth-order valence-electron chi connectivity index (χ4n) is 5.82. The fraction of sp³-hybridized carbons (Fsp3) is 0.464. The van der Waals surface area contributed by atoms with Crippen LogP contribution >= 0.6 is 0 Å². The third-order valence-corrected chi connectivity index (χ3v) is 7.45. The van der Waals surface area contributed by atoms with Crippen molar-refractivity contribution in [1.82, 2.24) is 33.9 Å². The first kappa shape index (κ1) is 26.5. The predicted octanol–water partition coefficient (Wildman–Crippen LogP) is 4.40. The first-order chi connectivity index (χ1) is 18.5. The zero-order chi connectivity index (χ0) is 28.1. The standard InChI is InChI=1S/C28H35N7O4/c1-7-34-21(15-20-24(34)30-11-10-29-20)25-31-19-13-17(14-22(39-6)23(19)32(25)5)26(36)33-12-8-9-18(16-33)35(27(37)38)28(2,3)4/h10-11,13-15,18H,7-9,12,16H2,1-6H3,(H,37,38)/t18-/m1/s1. The summed E-state index contributed by atoms with van der Waals surface area (Å²) in [6.07, 6.45) is 3.82. The van der Waals surface area contributed by atoms with E-state index in [4.69, 9.17) is 9.72 Å². The molecule has 1 saturated heterocycles. The summed E-state index contributed by atoms with van der Waals surface area (Å²) < 4.78 is 9.77. The molecule has 1 aliphatic rings. The number of aromatic nitrogens is 5. The lowest BCUT2D eigenvalue weighted by molar-refractivity contribution is 0.0315. The zero-order valence-corrected chi connectivity index (χ0v) is 23.3. The SMILES string of the molecule is CCn1c(-c2nc3cc(C(=O)N4CCC[C@@H](N(C(=O)O)C(C)(C)C)C4)cc(OC)c3n2C)cc2nccnc21. The number of methoxy groups -OCH3 is 1. The summed E-state index contributed by atoms with van der Waals surface area (Å²) in [4.78, 5) is 42.9. The monoisotopic (exact) mass is 533 g/mol. The van der Waals surface area contributed by atoms with Crippen LogP contribution in [0, 0.1) is 0 Å². The summed E-state index contributed by atoms with van der Waals surface area (Å²) in [5, 5.41) is 9.88. The van der Waals surface area contributed by atoms with E-state index in [1.54, 1.807) is 36.5 Å². The van der Waals surface area contributed by atoms with Crippen molar-refractivity contribution in [2.75, 3.05) is 20.2 Å². The molecule has 1 atom stereocenters. The summed E-state index contributed by atoms with van der Waals surface area (Å²) >= 11 is 0. The van der Waals surface area contributed by atoms with Gasteiger partial charge in [0.1, 0.15) is 16.8 Å². The van der Waals surface area contributed by atoms with Crippen LogP contribution in [-0.4, -0.2) is 82.8 Å². The molecule has 4 aromatic rings. The molecule has 1 fully saturated rings. The van der Waals surface area contributed by atoms with Gasteiger partial charge in [-0.25, -0.2) is 14.8 Å². The molecule has 0 aliphatic carbocycles. The quantitative estimate of drug-likeness (QED) is 0.404. The van der Waals surface area contributed by atoms with Crippen molar-refractivity contribution in [3.63, 3.8) is 0 Å². The molecule has 4 heterocycles. The minimum absolute atomic E-state index is 0.164. The van der Waals surface area contributed by atoms with Crippen molar-refractivity contribution in [2.24, 2.45) is 7.05 Å². The van der Waals surface area contributed by atoms with Gasteiger partial charge in [-0.3, -0.25) is 14.7 Å². The molecule has 1 aliphatic heterocycles. The average Bonchev–Trinajstić information content (AvgIpc) is 3.43. The molecule has 1 N–H and O–H groups in total. The molecule has 0 unspecified atom stereocenters. The number of amides is 2. The van der Waals surface area contributed by atoms with E-state index in [1.165, 1.54) is 4.90 Å². The van der Waals surface area contributed by atoms with Crippen LogP contribution in [-0.2, 0) is 13.6 Å². The number of ether oxygens (including phenoxy) is 1. The minimum Gasteiger partial charge on any atom is -0.494 e. The highest BCUT2D eigenvalue weighted by Crippen LogP contribution is 2.34. The van der Waals surface area contributed by atoms with Crippen molar-refractivity contribution >= 4 is 34.2 Å². The Morgan fingerprint density at radius 2 is 1.90 bits per heavy atom. The second-order valence-corrected chi connectivity index (χ2v) is 11.0. The molecule has 3 aromatic heterocycles. The van der Waals surface area contributed by atoms with Crippen LogP contribution in [0.1, 0.15) is 50.9 Å². The number of piperidine rings is 1. The van der Waals surface area contributed by atoms with E-state index in [1.807, 2.05) is 38.5 Å². The number of hydrogen-bond donors (Lipinski definition) is 1. The Morgan fingerprint density at radius 3 is 2.56 bits per heavy atom. The molecule has 206 valence electrons. The summed E-state index contributed by atoms with van der Waals surface area (Å²) in [6.45, 7) is 9.29. The molecule has 0 saturated carbocycles. The van der Waals surface area contributed by atoms with E-state index >= 15 is 0 Å². The Labute approximate surface area is 227 Å². The number of fused-ring (bicyclic) bond motifs is 2. The van der Waals surface area contributed by atoms with Crippen LogP contribution in [0.4, 0.5) is 4.79 Å². The number of imidazole rings is 1. The first-order valence-corrected chi connectivity index (χ1v) is 13.2. The van der Waals surface area contributed by atoms with Gasteiger partial charge in [-0.05, 0) is 58.7 Å². The molecule has 0 bridgehead atoms. The zero-order valence-electron chi connectivity index (χ0n) is 23.3. The number of hydrogen-bond acceptors (Lipinski definition) is 6. The Bertz CT molecular complexity index is 1570. The Balaban J connectivity index is 1.53. The summed E-state index contributed by atoms with van der Waals surface area (Å²) in [6, 6.07) is 5.24. The van der Waals surface area contributed by atoms with Crippen molar-refractivity contribution in [3.8, 4) is 17.3 Å². The Hall–Kier alpha value is -4.15. The molecule has 11 nitrogen and oxygen atoms in total. The van der Waals surface area contributed by atoms with Crippen molar-refractivity contribution < 1.29 is 19.4 Å². The van der Waals surface area contributed by atoms with Gasteiger partial charge in [-0.15, -0.1) is 0 Å². The maximum atomic E-state index is 13.7. The van der Waals surface area contributed by atoms with E-state index in [0.717, 1.165) is 34.6 Å². The minimum atomic E-state index is -0.971. The third kappa shape index (κ3) is 4.55. The highest BCUT2D eigenvalue weighted by molar-refractivity contribution is 6.00. The van der Waals surface area contributed by atoms with Crippen LogP contribution in [0.15, 0.2) is 30.6 Å². The molecular formula is C28H35N7O4. The van der Waals surface area contributed by atoms with Gasteiger partial charge in [-0.1, -0.05) is 0 Å². The molecule has 2 amide bonds. The Morgan fingerprint density at radius 1 is 1.15 bits per heavy atom. The lowest BCUT2D eigenvalue weighted by atomic mass is 9.97. The largest absolute Gasteiger partial charge is 0.494 e. The van der Waals surface area contributed by atoms with Crippen LogP contribution in [0.5, 0.6) is 5.75 Å². The van der Waals surface area contributed by atoms with Gasteiger partial charge < -0.3 is 23.9 Å². The van der Waals surface area contributed by atoms with Gasteiger partial charge >= 0.3 is 6.09 Å². The second kappa shape index (κ2) is 9.87. The number of carbonyl (C=O) groups excluding carboxylic acids is 1. The maximum Gasteiger partial charge on any atom is 0.408 e. The van der Waals surface area contributed by atoms with Gasteiger partial charge in [-0.2, -0.15) is 0 Å². The number of benzene rings is 1. The molecule has 5 rings (SSSR count). The third-order valence-electron chi connectivity index (χ3n) is 7.45. The van der Waals surface area contributed by atoms with Gasteiger partial charge in [0.15, 0.2) is 11.5 Å². The van der Waals surface area contributed by atoms with Gasteiger partial charge in [0.05, 0.1) is 24.4 Å². The van der Waals surface area contributed by atoms with Crippen molar-refractivity contribution in [1.29, 1.82) is 0 Å². The first-order valence-electron chi connectivity index (χ1n) is 13.2. The van der Waals surface area contributed by atoms with Crippen LogP contribution in [0.2, 0.25) is 0 Å². The Kier molecular flexibility index (Phi) is 6.69. The molecule has 0 spiro atoms. The summed E-state index contributed by atoms with van der Waals surface area (Å²) in [7, 11) is 3.51. The van der Waals surface area contributed by atoms with Gasteiger partial charge in [0.2, 0.25) is 0 Å². The molecular weight excluding hydrogens is 498 g/mol. The second-order valence-electron chi connectivity index (χ2n) is 11.0. The molecule has 39 heavy (non-hydrogen) atoms. The van der Waals surface area contributed by atoms with Crippen molar-refractivity contribution in [2.45, 2.75) is 58.7 Å². The van der Waals surface area contributed by atoms with Crippen molar-refractivity contribution in [3.05, 3.63) is 36.2 Å². The maximum absolute atomic E-state index is 13.7. The van der Waals surface area contributed by atoms with Gasteiger partial charge in [0, 0.05) is 50.2 Å². The lowest BCUT2D eigenvalue weighted by Crippen LogP contribution is -2.57. The van der Waals surface area contributed by atoms with E-state index in [0.29, 0.717) is 42.9 Å². The average molecular weight is 534 g/mol. The van der Waals surface area contributed by atoms with E-state index < -0.39 is 11.6 Å². The number of carboxylic acid groups (broad SMARTS) is 1. The highest BCUT2D eigenvalue weighted by Gasteiger charge is 2.37.